The third-order valence-corrected chi connectivity index (χ3v) is 3.64. The van der Waals surface area contributed by atoms with Gasteiger partial charge in [-0.1, -0.05) is 25.1 Å². The van der Waals surface area contributed by atoms with Crippen LogP contribution in [-0.4, -0.2) is 39.3 Å². The van der Waals surface area contributed by atoms with Crippen molar-refractivity contribution in [2.75, 3.05) is 13.2 Å². The minimum atomic E-state index is -0.369. The monoisotopic (exact) mass is 305 g/mol. The third-order valence-electron chi connectivity index (χ3n) is 3.64. The van der Waals surface area contributed by atoms with Gasteiger partial charge in [-0.25, -0.2) is 4.39 Å². The Hall–Kier alpha value is -2.21. The lowest BCUT2D eigenvalue weighted by Gasteiger charge is -2.21. The highest BCUT2D eigenvalue weighted by Gasteiger charge is 2.22. The van der Waals surface area contributed by atoms with Crippen LogP contribution >= 0.6 is 0 Å². The van der Waals surface area contributed by atoms with Gasteiger partial charge in [0.1, 0.15) is 5.82 Å². The summed E-state index contributed by atoms with van der Waals surface area (Å²) in [6, 6.07) is 6.30. The molecule has 2 N–H and O–H groups in total. The number of rotatable bonds is 6. The minimum Gasteiger partial charge on any atom is -0.395 e. The zero-order valence-electron chi connectivity index (χ0n) is 12.8. The molecule has 5 nitrogen and oxygen atoms in total. The lowest BCUT2D eigenvalue weighted by molar-refractivity contribution is 0.0699. The lowest BCUT2D eigenvalue weighted by atomic mass is 10.1. The maximum absolute atomic E-state index is 13.8. The van der Waals surface area contributed by atoms with Gasteiger partial charge < -0.3 is 10.0 Å². The van der Waals surface area contributed by atoms with Crippen LogP contribution in [0.15, 0.2) is 24.3 Å². The third kappa shape index (κ3) is 3.33. The van der Waals surface area contributed by atoms with E-state index in [1.165, 1.54) is 11.0 Å². The fourth-order valence-corrected chi connectivity index (χ4v) is 2.34. The molecule has 1 aromatic heterocycles. The number of hydrogen-bond acceptors (Lipinski definition) is 3. The average Bonchev–Trinajstić information content (AvgIpc) is 2.89. The molecule has 0 aliphatic rings. The van der Waals surface area contributed by atoms with Gasteiger partial charge in [-0.2, -0.15) is 5.10 Å². The minimum absolute atomic E-state index is 0.0970. The normalized spacial score (nSPS) is 10.7. The van der Waals surface area contributed by atoms with E-state index in [0.29, 0.717) is 11.3 Å². The molecule has 118 valence electrons. The molecule has 0 atom stereocenters. The van der Waals surface area contributed by atoms with Crippen LogP contribution in [0, 0.1) is 12.7 Å². The van der Waals surface area contributed by atoms with Gasteiger partial charge in [0.15, 0.2) is 5.69 Å². The molecule has 0 fully saturated rings. The molecule has 1 aromatic carbocycles. The Bertz CT molecular complexity index is 655. The van der Waals surface area contributed by atoms with E-state index < -0.39 is 0 Å². The number of halogens is 1. The van der Waals surface area contributed by atoms with E-state index in [-0.39, 0.29) is 31.4 Å². The first kappa shape index (κ1) is 16.2. The topological polar surface area (TPSA) is 69.2 Å². The summed E-state index contributed by atoms with van der Waals surface area (Å²) >= 11 is 0. The number of benzene rings is 1. The molecule has 0 saturated heterocycles. The first-order valence-corrected chi connectivity index (χ1v) is 7.25. The molecular formula is C16H20FN3O2. The Morgan fingerprint density at radius 3 is 2.73 bits per heavy atom. The van der Waals surface area contributed by atoms with Crippen LogP contribution in [0.2, 0.25) is 0 Å². The first-order valence-electron chi connectivity index (χ1n) is 7.25. The Labute approximate surface area is 128 Å². The van der Waals surface area contributed by atoms with Gasteiger partial charge in [-0.3, -0.25) is 9.89 Å². The highest BCUT2D eigenvalue weighted by molar-refractivity contribution is 5.93. The van der Waals surface area contributed by atoms with Crippen molar-refractivity contribution in [2.45, 2.75) is 26.8 Å². The number of aromatic nitrogens is 2. The summed E-state index contributed by atoms with van der Waals surface area (Å²) in [7, 11) is 0. The van der Waals surface area contributed by atoms with E-state index in [4.69, 9.17) is 0 Å². The number of aryl methyl sites for hydroxylation is 1. The standard InChI is InChI=1S/C16H20FN3O2/c1-3-14-11(2)15(19-18-14)16(22)20(8-9-21)10-12-6-4-5-7-13(12)17/h4-7,21H,3,8-10H2,1-2H3,(H,18,19). The van der Waals surface area contributed by atoms with Crippen LogP contribution in [-0.2, 0) is 13.0 Å². The SMILES string of the molecule is CCc1[nH]nc(C(=O)N(CCO)Cc2ccccc2F)c1C. The zero-order chi connectivity index (χ0) is 16.1. The average molecular weight is 305 g/mol. The second kappa shape index (κ2) is 7.17. The van der Waals surface area contributed by atoms with Crippen LogP contribution in [0.25, 0.3) is 0 Å². The molecule has 2 aromatic rings. The summed E-state index contributed by atoms with van der Waals surface area (Å²) in [5.41, 5.74) is 2.43. The fourth-order valence-electron chi connectivity index (χ4n) is 2.34. The summed E-state index contributed by atoms with van der Waals surface area (Å²) in [4.78, 5) is 14.0. The molecule has 22 heavy (non-hydrogen) atoms. The summed E-state index contributed by atoms with van der Waals surface area (Å²) < 4.78 is 13.8. The lowest BCUT2D eigenvalue weighted by Crippen LogP contribution is -2.34. The van der Waals surface area contributed by atoms with Crippen molar-refractivity contribution < 1.29 is 14.3 Å². The van der Waals surface area contributed by atoms with Crippen LogP contribution in [0.3, 0.4) is 0 Å². The van der Waals surface area contributed by atoms with E-state index in [2.05, 4.69) is 10.2 Å². The van der Waals surface area contributed by atoms with Crippen molar-refractivity contribution in [3.05, 3.63) is 52.6 Å². The number of H-pyrrole nitrogens is 1. The van der Waals surface area contributed by atoms with Gasteiger partial charge in [0.25, 0.3) is 5.91 Å². The molecule has 0 radical (unpaired) electrons. The van der Waals surface area contributed by atoms with Gasteiger partial charge in [-0.05, 0) is 19.4 Å². The highest BCUT2D eigenvalue weighted by Crippen LogP contribution is 2.16. The van der Waals surface area contributed by atoms with Crippen LogP contribution in [0.4, 0.5) is 4.39 Å². The smallest absolute Gasteiger partial charge is 0.275 e. The largest absolute Gasteiger partial charge is 0.395 e. The first-order chi connectivity index (χ1) is 10.6. The molecule has 1 amide bonds. The second-order valence-electron chi connectivity index (χ2n) is 5.07. The quantitative estimate of drug-likeness (QED) is 0.858. The second-order valence-corrected chi connectivity index (χ2v) is 5.07. The van der Waals surface area contributed by atoms with Crippen molar-refractivity contribution in [3.8, 4) is 0 Å². The predicted octanol–water partition coefficient (Wildman–Crippen LogP) is 2.05. The number of carbonyl (C=O) groups is 1. The number of aromatic amines is 1. The number of nitrogens with zero attached hydrogens (tertiary/aromatic N) is 2. The maximum atomic E-state index is 13.8. The predicted molar refractivity (Wildman–Crippen MR) is 80.9 cm³/mol. The van der Waals surface area contributed by atoms with Crippen molar-refractivity contribution in [2.24, 2.45) is 0 Å². The number of nitrogens with one attached hydrogen (secondary N) is 1. The van der Waals surface area contributed by atoms with Crippen LogP contribution in [0.5, 0.6) is 0 Å². The van der Waals surface area contributed by atoms with Crippen molar-refractivity contribution in [1.29, 1.82) is 0 Å². The molecule has 2 rings (SSSR count). The number of hydrogen-bond donors (Lipinski definition) is 2. The summed E-state index contributed by atoms with van der Waals surface area (Å²) in [5.74, 6) is -0.683. The molecule has 0 spiro atoms. The summed E-state index contributed by atoms with van der Waals surface area (Å²) in [6.45, 7) is 3.83. The van der Waals surface area contributed by atoms with Crippen molar-refractivity contribution >= 4 is 5.91 Å². The molecule has 0 unspecified atom stereocenters. The van der Waals surface area contributed by atoms with Crippen molar-refractivity contribution in [3.63, 3.8) is 0 Å². The molecule has 0 saturated carbocycles. The molecule has 0 aliphatic heterocycles. The zero-order valence-corrected chi connectivity index (χ0v) is 12.8. The van der Waals surface area contributed by atoms with Gasteiger partial charge in [0.05, 0.1) is 6.61 Å². The van der Waals surface area contributed by atoms with E-state index in [1.54, 1.807) is 18.2 Å². The summed E-state index contributed by atoms with van der Waals surface area (Å²) in [6.07, 6.45) is 0.749. The number of amides is 1. The van der Waals surface area contributed by atoms with Crippen LogP contribution in [0.1, 0.15) is 34.2 Å². The number of aliphatic hydroxyl groups excluding tert-OH is 1. The van der Waals surface area contributed by atoms with Crippen molar-refractivity contribution in [1.82, 2.24) is 15.1 Å². The van der Waals surface area contributed by atoms with Gasteiger partial charge in [0.2, 0.25) is 0 Å². The summed E-state index contributed by atoms with van der Waals surface area (Å²) in [5, 5.41) is 16.1. The Kier molecular flexibility index (Phi) is 5.27. The Balaban J connectivity index is 2.25. The van der Waals surface area contributed by atoms with Gasteiger partial charge >= 0.3 is 0 Å². The van der Waals surface area contributed by atoms with E-state index >= 15 is 0 Å². The van der Waals surface area contributed by atoms with Gasteiger partial charge in [-0.15, -0.1) is 0 Å². The Morgan fingerprint density at radius 2 is 2.14 bits per heavy atom. The van der Waals surface area contributed by atoms with Gasteiger partial charge in [0, 0.05) is 29.9 Å². The van der Waals surface area contributed by atoms with E-state index in [9.17, 15) is 14.3 Å². The van der Waals surface area contributed by atoms with E-state index in [1.807, 2.05) is 13.8 Å². The fraction of sp³-hybridized carbons (Fsp3) is 0.375. The maximum Gasteiger partial charge on any atom is 0.275 e. The molecule has 0 aliphatic carbocycles. The highest BCUT2D eigenvalue weighted by atomic mass is 19.1. The van der Waals surface area contributed by atoms with Crippen LogP contribution < -0.4 is 0 Å². The number of aliphatic hydroxyl groups is 1. The molecule has 6 heteroatoms. The van der Waals surface area contributed by atoms with E-state index in [0.717, 1.165) is 17.7 Å². The Morgan fingerprint density at radius 1 is 1.41 bits per heavy atom. The molecule has 1 heterocycles. The number of carbonyl (C=O) groups excluding carboxylic acids is 1. The molecule has 0 bridgehead atoms. The molecular weight excluding hydrogens is 285 g/mol.